The van der Waals surface area contributed by atoms with E-state index in [4.69, 9.17) is 4.74 Å². The van der Waals surface area contributed by atoms with Crippen LogP contribution in [0.5, 0.6) is 11.8 Å². The fourth-order valence-electron chi connectivity index (χ4n) is 2.74. The molecule has 6 nitrogen and oxygen atoms in total. The summed E-state index contributed by atoms with van der Waals surface area (Å²) in [6, 6.07) is 5.23. The normalized spacial score (nSPS) is 11.2. The summed E-state index contributed by atoms with van der Waals surface area (Å²) in [6.45, 7) is 1.80. The van der Waals surface area contributed by atoms with Crippen molar-refractivity contribution in [2.75, 3.05) is 0 Å². The van der Waals surface area contributed by atoms with Crippen LogP contribution in [0.3, 0.4) is 0 Å². The maximum atomic E-state index is 14.1. The van der Waals surface area contributed by atoms with Crippen molar-refractivity contribution in [3.8, 4) is 17.4 Å². The number of ether oxygens (including phenoxy) is 1. The molecule has 0 bridgehead atoms. The monoisotopic (exact) mass is 404 g/mol. The van der Waals surface area contributed by atoms with Gasteiger partial charge in [-0.1, -0.05) is 6.92 Å². The van der Waals surface area contributed by atoms with Crippen molar-refractivity contribution in [1.82, 2.24) is 19.5 Å². The molecule has 0 saturated carbocycles. The first-order valence-electron chi connectivity index (χ1n) is 8.47. The molecule has 0 radical (unpaired) electrons. The van der Waals surface area contributed by atoms with Gasteiger partial charge in [0.05, 0.1) is 5.69 Å². The maximum Gasteiger partial charge on any atom is 0.311 e. The van der Waals surface area contributed by atoms with E-state index >= 15 is 0 Å². The van der Waals surface area contributed by atoms with Crippen LogP contribution in [0.25, 0.3) is 16.9 Å². The van der Waals surface area contributed by atoms with E-state index in [0.717, 1.165) is 16.7 Å². The average molecular weight is 404 g/mol. The van der Waals surface area contributed by atoms with Gasteiger partial charge in [0.1, 0.15) is 17.5 Å². The number of benzene rings is 2. The molecule has 148 valence electrons. The van der Waals surface area contributed by atoms with Crippen LogP contribution in [0.1, 0.15) is 12.7 Å². The third kappa shape index (κ3) is 3.33. The molecule has 0 saturated heterocycles. The molecule has 4 aromatic rings. The molecule has 2 aromatic heterocycles. The zero-order chi connectivity index (χ0) is 20.7. The predicted octanol–water partition coefficient (Wildman–Crippen LogP) is 4.02. The number of aromatic nitrogens is 4. The fraction of sp³-hybridized carbons (Fsp3) is 0.105. The largest absolute Gasteiger partial charge is 0.422 e. The number of aromatic amines is 1. The second-order valence-electron chi connectivity index (χ2n) is 6.05. The number of fused-ring (bicyclic) bond motifs is 1. The molecule has 0 amide bonds. The summed E-state index contributed by atoms with van der Waals surface area (Å²) in [5.74, 6) is -4.89. The van der Waals surface area contributed by atoms with Crippen LogP contribution in [0.2, 0.25) is 0 Å². The van der Waals surface area contributed by atoms with Crippen molar-refractivity contribution in [1.29, 1.82) is 0 Å². The molecule has 0 fully saturated rings. The molecule has 0 aliphatic rings. The van der Waals surface area contributed by atoms with Gasteiger partial charge in [-0.15, -0.1) is 0 Å². The van der Waals surface area contributed by atoms with Crippen molar-refractivity contribution in [3.05, 3.63) is 75.8 Å². The Balaban J connectivity index is 1.97. The molecule has 0 aliphatic carbocycles. The highest BCUT2D eigenvalue weighted by molar-refractivity contribution is 5.70. The molecule has 2 aromatic carbocycles. The van der Waals surface area contributed by atoms with E-state index in [1.165, 1.54) is 12.1 Å². The summed E-state index contributed by atoms with van der Waals surface area (Å²) in [7, 11) is 0. The topological polar surface area (TPSA) is 72.8 Å². The Hall–Kier alpha value is -3.69. The van der Waals surface area contributed by atoms with Gasteiger partial charge in [-0.25, -0.2) is 22.7 Å². The summed E-state index contributed by atoms with van der Waals surface area (Å²) >= 11 is 0. The molecule has 1 N–H and O–H groups in total. The molecule has 29 heavy (non-hydrogen) atoms. The minimum Gasteiger partial charge on any atom is -0.422 e. The van der Waals surface area contributed by atoms with E-state index in [0.29, 0.717) is 24.4 Å². The highest BCUT2D eigenvalue weighted by Gasteiger charge is 2.21. The summed E-state index contributed by atoms with van der Waals surface area (Å²) in [5.41, 5.74) is -0.492. The first-order valence-corrected chi connectivity index (χ1v) is 8.47. The van der Waals surface area contributed by atoms with Crippen molar-refractivity contribution in [3.63, 3.8) is 0 Å². The lowest BCUT2D eigenvalue weighted by atomic mass is 10.3. The van der Waals surface area contributed by atoms with Crippen LogP contribution in [0.4, 0.5) is 17.6 Å². The second kappa shape index (κ2) is 7.04. The van der Waals surface area contributed by atoms with E-state index in [-0.39, 0.29) is 16.9 Å². The minimum atomic E-state index is -1.47. The van der Waals surface area contributed by atoms with E-state index in [1.807, 2.05) is 0 Å². The number of nitrogens with zero attached hydrogens (tertiary/aromatic N) is 3. The maximum absolute atomic E-state index is 14.1. The van der Waals surface area contributed by atoms with Gasteiger partial charge in [0.2, 0.25) is 5.82 Å². The average Bonchev–Trinajstić information content (AvgIpc) is 3.11. The van der Waals surface area contributed by atoms with Crippen molar-refractivity contribution in [2.45, 2.75) is 13.3 Å². The molecular weight excluding hydrogens is 392 g/mol. The molecule has 0 spiro atoms. The van der Waals surface area contributed by atoms with Crippen LogP contribution in [0.15, 0.2) is 41.2 Å². The van der Waals surface area contributed by atoms with E-state index < -0.39 is 40.6 Å². The first-order chi connectivity index (χ1) is 13.9. The number of aryl methyl sites for hydroxylation is 1. The number of halogens is 4. The standard InChI is InChI=1S/C19H12F4N4O2/c1-2-14-24-16-17(25-14)26-19(29-13-8-10(21)7-12(22)15(13)23)27(18(16)28)11-5-3-9(20)4-6-11/h3-8H,2H2,1H3,(H,24,25). The van der Waals surface area contributed by atoms with E-state index in [9.17, 15) is 22.4 Å². The summed E-state index contributed by atoms with van der Waals surface area (Å²) in [6.07, 6.45) is 0.478. The van der Waals surface area contributed by atoms with Crippen molar-refractivity contribution < 1.29 is 22.3 Å². The van der Waals surface area contributed by atoms with Crippen LogP contribution in [-0.4, -0.2) is 19.5 Å². The molecule has 0 atom stereocenters. The Bertz CT molecular complexity index is 1280. The van der Waals surface area contributed by atoms with E-state index in [2.05, 4.69) is 15.0 Å². The van der Waals surface area contributed by atoms with Crippen LogP contribution >= 0.6 is 0 Å². The zero-order valence-electron chi connectivity index (χ0n) is 14.8. The number of rotatable bonds is 4. The van der Waals surface area contributed by atoms with Gasteiger partial charge in [-0.2, -0.15) is 9.37 Å². The lowest BCUT2D eigenvalue weighted by Crippen LogP contribution is -2.21. The third-order valence-corrected chi connectivity index (χ3v) is 4.12. The van der Waals surface area contributed by atoms with Gasteiger partial charge < -0.3 is 9.72 Å². The fourth-order valence-corrected chi connectivity index (χ4v) is 2.74. The second-order valence-corrected chi connectivity index (χ2v) is 6.05. The third-order valence-electron chi connectivity index (χ3n) is 4.12. The molecular formula is C19H12F4N4O2. The Morgan fingerprint density at radius 2 is 1.76 bits per heavy atom. The lowest BCUT2D eigenvalue weighted by Gasteiger charge is -2.13. The Morgan fingerprint density at radius 3 is 2.45 bits per heavy atom. The molecule has 0 aliphatic heterocycles. The van der Waals surface area contributed by atoms with Crippen molar-refractivity contribution in [2.24, 2.45) is 0 Å². The highest BCUT2D eigenvalue weighted by Crippen LogP contribution is 2.28. The Labute approximate surface area is 160 Å². The zero-order valence-corrected chi connectivity index (χ0v) is 14.8. The van der Waals surface area contributed by atoms with Crippen LogP contribution < -0.4 is 10.3 Å². The van der Waals surface area contributed by atoms with E-state index in [1.54, 1.807) is 6.92 Å². The van der Waals surface area contributed by atoms with Gasteiger partial charge in [0, 0.05) is 18.6 Å². The predicted molar refractivity (Wildman–Crippen MR) is 95.2 cm³/mol. The van der Waals surface area contributed by atoms with Crippen molar-refractivity contribution >= 4 is 11.2 Å². The van der Waals surface area contributed by atoms with Gasteiger partial charge in [-0.3, -0.25) is 4.79 Å². The van der Waals surface area contributed by atoms with Gasteiger partial charge in [-0.05, 0) is 24.3 Å². The number of hydrogen-bond donors (Lipinski definition) is 1. The molecule has 2 heterocycles. The lowest BCUT2D eigenvalue weighted by molar-refractivity contribution is 0.378. The first kappa shape index (κ1) is 18.7. The quantitative estimate of drug-likeness (QED) is 0.412. The Morgan fingerprint density at radius 1 is 1.03 bits per heavy atom. The smallest absolute Gasteiger partial charge is 0.311 e. The number of imidazole rings is 1. The number of nitrogens with one attached hydrogen (secondary N) is 1. The van der Waals surface area contributed by atoms with Crippen LogP contribution in [-0.2, 0) is 6.42 Å². The number of H-pyrrole nitrogens is 1. The van der Waals surface area contributed by atoms with Crippen LogP contribution in [0, 0.1) is 23.3 Å². The summed E-state index contributed by atoms with van der Waals surface area (Å²) < 4.78 is 60.6. The molecule has 10 heteroatoms. The van der Waals surface area contributed by atoms with Gasteiger partial charge in [0.15, 0.2) is 22.7 Å². The van der Waals surface area contributed by atoms with Gasteiger partial charge >= 0.3 is 6.01 Å². The molecule has 0 unspecified atom stereocenters. The minimum absolute atomic E-state index is 0.0162. The number of hydrogen-bond acceptors (Lipinski definition) is 4. The Kier molecular flexibility index (Phi) is 4.53. The summed E-state index contributed by atoms with van der Waals surface area (Å²) in [4.78, 5) is 24.1. The SMILES string of the molecule is CCc1nc2nc(Oc3cc(F)cc(F)c3F)n(-c3ccc(F)cc3)c(=O)c2[nH]1. The van der Waals surface area contributed by atoms with Gasteiger partial charge in [0.25, 0.3) is 5.56 Å². The summed E-state index contributed by atoms with van der Waals surface area (Å²) in [5, 5.41) is 0. The highest BCUT2D eigenvalue weighted by atomic mass is 19.2. The molecule has 4 rings (SSSR count).